The van der Waals surface area contributed by atoms with Crippen molar-refractivity contribution in [2.45, 2.75) is 33.2 Å². The van der Waals surface area contributed by atoms with Crippen molar-refractivity contribution >= 4 is 11.9 Å². The summed E-state index contributed by atoms with van der Waals surface area (Å²) in [6.07, 6.45) is 0.525. The second-order valence-corrected chi connectivity index (χ2v) is 5.61. The zero-order chi connectivity index (χ0) is 16.5. The number of rotatable bonds is 9. The van der Waals surface area contributed by atoms with Crippen molar-refractivity contribution in [2.75, 3.05) is 13.2 Å². The minimum absolute atomic E-state index is 0.0583. The highest BCUT2D eigenvalue weighted by Gasteiger charge is 2.25. The molecular weight excluding hydrogens is 282 g/mol. The summed E-state index contributed by atoms with van der Waals surface area (Å²) in [5.74, 6) is -1.66. The van der Waals surface area contributed by atoms with Gasteiger partial charge in [-0.15, -0.1) is 0 Å². The summed E-state index contributed by atoms with van der Waals surface area (Å²) in [6, 6.07) is 8.97. The second-order valence-electron chi connectivity index (χ2n) is 5.61. The van der Waals surface area contributed by atoms with E-state index in [9.17, 15) is 14.7 Å². The molecule has 0 aromatic heterocycles. The highest BCUT2D eigenvalue weighted by atomic mass is 16.5. The van der Waals surface area contributed by atoms with Gasteiger partial charge in [0.15, 0.2) is 0 Å². The molecule has 1 rings (SSSR count). The summed E-state index contributed by atoms with van der Waals surface area (Å²) >= 11 is 0. The largest absolute Gasteiger partial charge is 0.480 e. The minimum atomic E-state index is -0.905. The van der Waals surface area contributed by atoms with Crippen molar-refractivity contribution in [1.82, 2.24) is 5.32 Å². The van der Waals surface area contributed by atoms with E-state index in [1.165, 1.54) is 0 Å². The average molecular weight is 307 g/mol. The van der Waals surface area contributed by atoms with Gasteiger partial charge >= 0.3 is 11.9 Å². The number of carbonyl (C=O) groups is 2. The maximum atomic E-state index is 12.1. The Hall–Kier alpha value is -1.88. The summed E-state index contributed by atoms with van der Waals surface area (Å²) in [7, 11) is 0. The van der Waals surface area contributed by atoms with Gasteiger partial charge < -0.3 is 15.2 Å². The van der Waals surface area contributed by atoms with Crippen LogP contribution in [0.5, 0.6) is 0 Å². The molecule has 2 atom stereocenters. The Morgan fingerprint density at radius 3 is 2.36 bits per heavy atom. The number of carboxylic acid groups (broad SMARTS) is 1. The van der Waals surface area contributed by atoms with Gasteiger partial charge in [0, 0.05) is 6.54 Å². The molecule has 0 saturated heterocycles. The third kappa shape index (κ3) is 5.85. The number of esters is 1. The first-order chi connectivity index (χ1) is 10.5. The maximum absolute atomic E-state index is 12.1. The molecule has 1 unspecified atom stereocenters. The van der Waals surface area contributed by atoms with Crippen LogP contribution in [0.2, 0.25) is 0 Å². The fraction of sp³-hybridized carbons (Fsp3) is 0.529. The standard InChI is InChI=1S/C17H25NO4/c1-4-22-17(21)14(10-13-8-6-5-7-9-13)11-18-15(12(2)3)16(19)20/h5-9,12,14-15,18H,4,10-11H2,1-3H3,(H,19,20)/t14?,15-/m0/s1. The first kappa shape index (κ1) is 18.2. The minimum Gasteiger partial charge on any atom is -0.480 e. The average Bonchev–Trinajstić information content (AvgIpc) is 2.46. The van der Waals surface area contributed by atoms with Crippen molar-refractivity contribution in [3.8, 4) is 0 Å². The molecule has 22 heavy (non-hydrogen) atoms. The predicted octanol–water partition coefficient (Wildman–Crippen LogP) is 2.11. The van der Waals surface area contributed by atoms with Crippen LogP contribution in [-0.4, -0.2) is 36.2 Å². The van der Waals surface area contributed by atoms with Crippen molar-refractivity contribution < 1.29 is 19.4 Å². The van der Waals surface area contributed by atoms with E-state index in [1.807, 2.05) is 44.2 Å². The van der Waals surface area contributed by atoms with Crippen LogP contribution in [0.1, 0.15) is 26.3 Å². The summed E-state index contributed by atoms with van der Waals surface area (Å²) in [5, 5.41) is 12.2. The molecule has 0 fully saturated rings. The second kappa shape index (κ2) is 9.20. The summed E-state index contributed by atoms with van der Waals surface area (Å²) in [6.45, 7) is 6.03. The topological polar surface area (TPSA) is 75.6 Å². The number of hydrogen-bond acceptors (Lipinski definition) is 4. The maximum Gasteiger partial charge on any atom is 0.320 e. The molecule has 0 saturated carbocycles. The zero-order valence-electron chi connectivity index (χ0n) is 13.4. The van der Waals surface area contributed by atoms with Crippen LogP contribution in [-0.2, 0) is 20.7 Å². The number of ether oxygens (including phenoxy) is 1. The molecule has 5 heteroatoms. The molecule has 1 aromatic rings. The quantitative estimate of drug-likeness (QED) is 0.683. The highest BCUT2D eigenvalue weighted by molar-refractivity contribution is 5.75. The number of nitrogens with one attached hydrogen (secondary N) is 1. The SMILES string of the molecule is CCOC(=O)C(CN[C@H](C(=O)O)C(C)C)Cc1ccccc1. The van der Waals surface area contributed by atoms with Crippen molar-refractivity contribution in [2.24, 2.45) is 11.8 Å². The van der Waals surface area contributed by atoms with Gasteiger partial charge in [-0.05, 0) is 24.8 Å². The number of hydrogen-bond donors (Lipinski definition) is 2. The van der Waals surface area contributed by atoms with Crippen LogP contribution in [0.4, 0.5) is 0 Å². The van der Waals surface area contributed by atoms with Gasteiger partial charge in [-0.3, -0.25) is 9.59 Å². The molecule has 0 heterocycles. The molecule has 0 radical (unpaired) electrons. The Labute approximate surface area is 131 Å². The van der Waals surface area contributed by atoms with Crippen LogP contribution >= 0.6 is 0 Å². The summed E-state index contributed by atoms with van der Waals surface area (Å²) < 4.78 is 5.10. The lowest BCUT2D eigenvalue weighted by Crippen LogP contribution is -2.45. The van der Waals surface area contributed by atoms with Crippen LogP contribution in [0, 0.1) is 11.8 Å². The van der Waals surface area contributed by atoms with E-state index in [1.54, 1.807) is 6.92 Å². The Balaban J connectivity index is 2.73. The fourth-order valence-electron chi connectivity index (χ4n) is 2.27. The molecule has 2 N–H and O–H groups in total. The molecule has 5 nitrogen and oxygen atoms in total. The third-order valence-electron chi connectivity index (χ3n) is 3.46. The lowest BCUT2D eigenvalue weighted by Gasteiger charge is -2.22. The normalized spacial score (nSPS) is 13.6. The van der Waals surface area contributed by atoms with Gasteiger partial charge in [0.05, 0.1) is 12.5 Å². The zero-order valence-corrected chi connectivity index (χ0v) is 13.4. The lowest BCUT2D eigenvalue weighted by atomic mass is 9.97. The Morgan fingerprint density at radius 2 is 1.86 bits per heavy atom. The summed E-state index contributed by atoms with van der Waals surface area (Å²) in [4.78, 5) is 23.3. The summed E-state index contributed by atoms with van der Waals surface area (Å²) in [5.41, 5.74) is 1.03. The van der Waals surface area contributed by atoms with Crippen molar-refractivity contribution in [1.29, 1.82) is 0 Å². The first-order valence-electron chi connectivity index (χ1n) is 7.62. The smallest absolute Gasteiger partial charge is 0.320 e. The van der Waals surface area contributed by atoms with E-state index >= 15 is 0 Å². The van der Waals surface area contributed by atoms with Gasteiger partial charge in [0.2, 0.25) is 0 Å². The lowest BCUT2D eigenvalue weighted by molar-refractivity contribution is -0.148. The van der Waals surface area contributed by atoms with E-state index in [-0.39, 0.29) is 18.4 Å². The van der Waals surface area contributed by atoms with Gasteiger partial charge in [0.25, 0.3) is 0 Å². The van der Waals surface area contributed by atoms with Gasteiger partial charge in [-0.2, -0.15) is 0 Å². The molecule has 0 aliphatic carbocycles. The van der Waals surface area contributed by atoms with Crippen LogP contribution in [0.15, 0.2) is 30.3 Å². The van der Waals surface area contributed by atoms with Gasteiger partial charge in [-0.25, -0.2) is 0 Å². The highest BCUT2D eigenvalue weighted by Crippen LogP contribution is 2.11. The number of carbonyl (C=O) groups excluding carboxylic acids is 1. The Morgan fingerprint density at radius 1 is 1.23 bits per heavy atom. The molecule has 0 amide bonds. The van der Waals surface area contributed by atoms with E-state index < -0.39 is 17.9 Å². The number of aliphatic carboxylic acids is 1. The van der Waals surface area contributed by atoms with Gasteiger partial charge in [-0.1, -0.05) is 44.2 Å². The Kier molecular flexibility index (Phi) is 7.60. The number of benzene rings is 1. The Bertz CT molecular complexity index is 473. The predicted molar refractivity (Wildman–Crippen MR) is 84.5 cm³/mol. The number of carboxylic acids is 1. The van der Waals surface area contributed by atoms with Crippen molar-refractivity contribution in [3.05, 3.63) is 35.9 Å². The van der Waals surface area contributed by atoms with E-state index in [4.69, 9.17) is 4.74 Å². The molecular formula is C17H25NO4. The first-order valence-corrected chi connectivity index (χ1v) is 7.62. The van der Waals surface area contributed by atoms with E-state index in [0.717, 1.165) is 5.56 Å². The molecule has 0 spiro atoms. The molecule has 122 valence electrons. The van der Waals surface area contributed by atoms with Crippen molar-refractivity contribution in [3.63, 3.8) is 0 Å². The molecule has 0 aliphatic rings. The van der Waals surface area contributed by atoms with E-state index in [2.05, 4.69) is 5.32 Å². The van der Waals surface area contributed by atoms with E-state index in [0.29, 0.717) is 13.0 Å². The van der Waals surface area contributed by atoms with Crippen LogP contribution < -0.4 is 5.32 Å². The molecule has 0 aliphatic heterocycles. The van der Waals surface area contributed by atoms with Gasteiger partial charge in [0.1, 0.15) is 6.04 Å². The third-order valence-corrected chi connectivity index (χ3v) is 3.46. The molecule has 1 aromatic carbocycles. The van der Waals surface area contributed by atoms with Crippen LogP contribution in [0.25, 0.3) is 0 Å². The fourth-order valence-corrected chi connectivity index (χ4v) is 2.27. The monoisotopic (exact) mass is 307 g/mol. The molecule has 0 bridgehead atoms. The van der Waals surface area contributed by atoms with Crippen LogP contribution in [0.3, 0.4) is 0 Å².